The number of nitrogens with one attached hydrogen (secondary N) is 1. The second-order valence-electron chi connectivity index (χ2n) is 4.27. The van der Waals surface area contributed by atoms with E-state index in [2.05, 4.69) is 17.1 Å². The Labute approximate surface area is 99.0 Å². The largest absolute Gasteiger partial charge is 0.478 e. The van der Waals surface area contributed by atoms with E-state index in [0.717, 1.165) is 25.3 Å². The summed E-state index contributed by atoms with van der Waals surface area (Å²) in [5, 5.41) is 12.0. The summed E-state index contributed by atoms with van der Waals surface area (Å²) >= 11 is 0. The number of rotatable bonds is 2. The molecule has 0 amide bonds. The van der Waals surface area contributed by atoms with Crippen LogP contribution in [0.2, 0.25) is 0 Å². The molecule has 5 heteroatoms. The first-order valence-corrected chi connectivity index (χ1v) is 5.59. The molecule has 17 heavy (non-hydrogen) atoms. The molecule has 0 radical (unpaired) electrons. The van der Waals surface area contributed by atoms with E-state index in [-0.39, 0.29) is 5.56 Å². The molecular weight excluding hydrogens is 223 g/mol. The molecular formula is C12H15FN2O2. The lowest BCUT2D eigenvalue weighted by Crippen LogP contribution is -2.49. The van der Waals surface area contributed by atoms with Crippen LogP contribution in [0, 0.1) is 5.82 Å². The molecule has 1 atom stereocenters. The van der Waals surface area contributed by atoms with Crippen LogP contribution in [0.15, 0.2) is 18.2 Å². The maximum Gasteiger partial charge on any atom is 0.338 e. The molecule has 0 spiro atoms. The standard InChI is InChI=1S/C12H15FN2O2/c1-8-7-15(5-4-14-8)9-2-3-10(12(16)17)11(13)6-9/h2-3,6,8,14H,4-5,7H2,1H3,(H,16,17)/t8-/m1/s1. The molecule has 0 unspecified atom stereocenters. The number of anilines is 1. The van der Waals surface area contributed by atoms with Gasteiger partial charge in [0.15, 0.2) is 0 Å². The van der Waals surface area contributed by atoms with E-state index in [0.29, 0.717) is 6.04 Å². The predicted octanol–water partition coefficient (Wildman–Crippen LogP) is 1.32. The highest BCUT2D eigenvalue weighted by atomic mass is 19.1. The van der Waals surface area contributed by atoms with Gasteiger partial charge in [-0.3, -0.25) is 0 Å². The van der Waals surface area contributed by atoms with Gasteiger partial charge in [0, 0.05) is 31.4 Å². The average Bonchev–Trinajstić information content (AvgIpc) is 2.28. The quantitative estimate of drug-likeness (QED) is 0.816. The number of hydrogen-bond acceptors (Lipinski definition) is 3. The molecule has 1 aromatic carbocycles. The highest BCUT2D eigenvalue weighted by molar-refractivity contribution is 5.88. The molecule has 4 nitrogen and oxygen atoms in total. The summed E-state index contributed by atoms with van der Waals surface area (Å²) in [6, 6.07) is 4.62. The highest BCUT2D eigenvalue weighted by Crippen LogP contribution is 2.20. The topological polar surface area (TPSA) is 52.6 Å². The van der Waals surface area contributed by atoms with Crippen molar-refractivity contribution >= 4 is 11.7 Å². The summed E-state index contributed by atoms with van der Waals surface area (Å²) in [6.07, 6.45) is 0. The third-order valence-electron chi connectivity index (χ3n) is 2.92. The first-order chi connectivity index (χ1) is 8.08. The number of carboxylic acid groups (broad SMARTS) is 1. The van der Waals surface area contributed by atoms with Gasteiger partial charge >= 0.3 is 5.97 Å². The minimum Gasteiger partial charge on any atom is -0.478 e. The van der Waals surface area contributed by atoms with Gasteiger partial charge in [0.05, 0.1) is 5.56 Å². The molecule has 0 bridgehead atoms. The first-order valence-electron chi connectivity index (χ1n) is 5.59. The monoisotopic (exact) mass is 238 g/mol. The van der Waals surface area contributed by atoms with Gasteiger partial charge in [-0.05, 0) is 25.1 Å². The number of aromatic carboxylic acids is 1. The van der Waals surface area contributed by atoms with E-state index in [4.69, 9.17) is 5.11 Å². The zero-order chi connectivity index (χ0) is 12.4. The van der Waals surface area contributed by atoms with Crippen LogP contribution < -0.4 is 10.2 Å². The molecule has 1 fully saturated rings. The van der Waals surface area contributed by atoms with Crippen molar-refractivity contribution in [1.29, 1.82) is 0 Å². The number of benzene rings is 1. The molecule has 92 valence electrons. The normalized spacial score (nSPS) is 20.4. The summed E-state index contributed by atoms with van der Waals surface area (Å²) in [4.78, 5) is 12.7. The van der Waals surface area contributed by atoms with Crippen molar-refractivity contribution in [3.05, 3.63) is 29.6 Å². The summed E-state index contributed by atoms with van der Waals surface area (Å²) in [5.41, 5.74) is 0.456. The number of halogens is 1. The van der Waals surface area contributed by atoms with Crippen LogP contribution in [0.25, 0.3) is 0 Å². The van der Waals surface area contributed by atoms with Crippen LogP contribution in [-0.4, -0.2) is 36.8 Å². The lowest BCUT2D eigenvalue weighted by atomic mass is 10.1. The Morgan fingerprint density at radius 1 is 1.59 bits per heavy atom. The van der Waals surface area contributed by atoms with Crippen LogP contribution in [-0.2, 0) is 0 Å². The Kier molecular flexibility index (Phi) is 3.28. The molecule has 0 aromatic heterocycles. The highest BCUT2D eigenvalue weighted by Gasteiger charge is 2.18. The molecule has 0 aliphatic carbocycles. The Hall–Kier alpha value is -1.62. The smallest absolute Gasteiger partial charge is 0.338 e. The third-order valence-corrected chi connectivity index (χ3v) is 2.92. The fourth-order valence-corrected chi connectivity index (χ4v) is 2.04. The summed E-state index contributed by atoms with van der Waals surface area (Å²) in [5.74, 6) is -1.91. The van der Waals surface area contributed by atoms with Gasteiger partial charge in [0.1, 0.15) is 5.82 Å². The van der Waals surface area contributed by atoms with Crippen molar-refractivity contribution in [2.24, 2.45) is 0 Å². The zero-order valence-corrected chi connectivity index (χ0v) is 9.61. The van der Waals surface area contributed by atoms with Crippen molar-refractivity contribution in [2.75, 3.05) is 24.5 Å². The van der Waals surface area contributed by atoms with Crippen LogP contribution in [0.4, 0.5) is 10.1 Å². The third kappa shape index (κ3) is 2.55. The second-order valence-corrected chi connectivity index (χ2v) is 4.27. The van der Waals surface area contributed by atoms with E-state index in [1.54, 1.807) is 6.07 Å². The van der Waals surface area contributed by atoms with Gasteiger partial charge in [0.25, 0.3) is 0 Å². The molecule has 2 rings (SSSR count). The maximum atomic E-state index is 13.5. The molecule has 1 saturated heterocycles. The number of piperazine rings is 1. The molecule has 1 heterocycles. The van der Waals surface area contributed by atoms with Crippen molar-refractivity contribution in [3.63, 3.8) is 0 Å². The maximum absolute atomic E-state index is 13.5. The van der Waals surface area contributed by atoms with E-state index in [1.165, 1.54) is 12.1 Å². The number of carboxylic acids is 1. The summed E-state index contributed by atoms with van der Waals surface area (Å²) in [6.45, 7) is 4.51. The molecule has 0 saturated carbocycles. The first kappa shape index (κ1) is 11.9. The summed E-state index contributed by atoms with van der Waals surface area (Å²) < 4.78 is 13.5. The lowest BCUT2D eigenvalue weighted by molar-refractivity contribution is 0.0692. The minimum atomic E-state index is -1.23. The van der Waals surface area contributed by atoms with Crippen molar-refractivity contribution in [1.82, 2.24) is 5.32 Å². The van der Waals surface area contributed by atoms with Crippen molar-refractivity contribution < 1.29 is 14.3 Å². The number of carbonyl (C=O) groups is 1. The zero-order valence-electron chi connectivity index (χ0n) is 9.61. The molecule has 1 aliphatic rings. The Bertz CT molecular complexity index is 437. The Morgan fingerprint density at radius 3 is 2.94 bits per heavy atom. The van der Waals surface area contributed by atoms with Crippen LogP contribution >= 0.6 is 0 Å². The van der Waals surface area contributed by atoms with E-state index < -0.39 is 11.8 Å². The van der Waals surface area contributed by atoms with E-state index in [1.807, 2.05) is 0 Å². The van der Waals surface area contributed by atoms with Gasteiger partial charge < -0.3 is 15.3 Å². The molecule has 1 aliphatic heterocycles. The predicted molar refractivity (Wildman–Crippen MR) is 63.0 cm³/mol. The Morgan fingerprint density at radius 2 is 2.35 bits per heavy atom. The fraction of sp³-hybridized carbons (Fsp3) is 0.417. The van der Waals surface area contributed by atoms with Gasteiger partial charge in [0.2, 0.25) is 0 Å². The summed E-state index contributed by atoms with van der Waals surface area (Å²) in [7, 11) is 0. The van der Waals surface area contributed by atoms with Gasteiger partial charge in [-0.25, -0.2) is 9.18 Å². The van der Waals surface area contributed by atoms with Crippen LogP contribution in [0.5, 0.6) is 0 Å². The van der Waals surface area contributed by atoms with Gasteiger partial charge in [-0.15, -0.1) is 0 Å². The molecule has 2 N–H and O–H groups in total. The fourth-order valence-electron chi connectivity index (χ4n) is 2.04. The SMILES string of the molecule is C[C@@H]1CN(c2ccc(C(=O)O)c(F)c2)CCN1. The average molecular weight is 238 g/mol. The van der Waals surface area contributed by atoms with E-state index in [9.17, 15) is 9.18 Å². The minimum absolute atomic E-state index is 0.281. The van der Waals surface area contributed by atoms with Gasteiger partial charge in [-0.1, -0.05) is 0 Å². The molecule has 1 aromatic rings. The number of hydrogen-bond donors (Lipinski definition) is 2. The van der Waals surface area contributed by atoms with Gasteiger partial charge in [-0.2, -0.15) is 0 Å². The Balaban J connectivity index is 2.22. The van der Waals surface area contributed by atoms with Crippen molar-refractivity contribution in [2.45, 2.75) is 13.0 Å². The lowest BCUT2D eigenvalue weighted by Gasteiger charge is -2.33. The van der Waals surface area contributed by atoms with Crippen molar-refractivity contribution in [3.8, 4) is 0 Å². The van der Waals surface area contributed by atoms with Crippen LogP contribution in [0.1, 0.15) is 17.3 Å². The van der Waals surface area contributed by atoms with E-state index >= 15 is 0 Å². The second kappa shape index (κ2) is 4.71. The number of nitrogens with zero attached hydrogens (tertiary/aromatic N) is 1. The van der Waals surface area contributed by atoms with Crippen LogP contribution in [0.3, 0.4) is 0 Å².